The topological polar surface area (TPSA) is 38.7 Å². The largest absolute Gasteiger partial charge is 0.394 e. The highest BCUT2D eigenvalue weighted by atomic mass is 16.3. The van der Waals surface area contributed by atoms with Crippen molar-refractivity contribution in [2.45, 2.75) is 58.2 Å². The van der Waals surface area contributed by atoms with Crippen molar-refractivity contribution in [3.05, 3.63) is 0 Å². The van der Waals surface area contributed by atoms with E-state index in [0.29, 0.717) is 6.04 Å². The number of piperazine rings is 1. The maximum Gasteiger partial charge on any atom is 0.0611 e. The van der Waals surface area contributed by atoms with E-state index in [1.807, 2.05) is 0 Å². The summed E-state index contributed by atoms with van der Waals surface area (Å²) >= 11 is 0. The molecule has 1 aliphatic rings. The van der Waals surface area contributed by atoms with Crippen LogP contribution in [-0.2, 0) is 0 Å². The Morgan fingerprint density at radius 2 is 1.95 bits per heavy atom. The highest BCUT2D eigenvalue weighted by Crippen LogP contribution is 2.20. The molecule has 0 aromatic heterocycles. The van der Waals surface area contributed by atoms with E-state index in [2.05, 4.69) is 56.8 Å². The lowest BCUT2D eigenvalue weighted by atomic mass is 9.95. The van der Waals surface area contributed by atoms with Crippen molar-refractivity contribution in [2.24, 2.45) is 0 Å². The SMILES string of the molecule is CC(C)NC(C)(CO)CCN1CCN(C)C(C)(C)C1. The first-order chi connectivity index (χ1) is 8.68. The van der Waals surface area contributed by atoms with Gasteiger partial charge in [0.15, 0.2) is 0 Å². The Kier molecular flexibility index (Phi) is 5.80. The minimum Gasteiger partial charge on any atom is -0.394 e. The van der Waals surface area contributed by atoms with E-state index in [4.69, 9.17) is 0 Å². The van der Waals surface area contributed by atoms with Crippen LogP contribution in [0.25, 0.3) is 0 Å². The van der Waals surface area contributed by atoms with Crippen LogP contribution in [0.2, 0.25) is 0 Å². The second-order valence-corrected chi connectivity index (χ2v) is 7.28. The van der Waals surface area contributed by atoms with Crippen LogP contribution in [0.1, 0.15) is 41.0 Å². The second kappa shape index (κ2) is 6.53. The lowest BCUT2D eigenvalue weighted by Crippen LogP contribution is -2.59. The summed E-state index contributed by atoms with van der Waals surface area (Å²) in [6.07, 6.45) is 0.988. The van der Waals surface area contributed by atoms with E-state index in [0.717, 1.165) is 32.6 Å². The number of rotatable bonds is 6. The highest BCUT2D eigenvalue weighted by Gasteiger charge is 2.32. The number of likely N-dealkylation sites (N-methyl/N-ethyl adjacent to an activating group) is 1. The smallest absolute Gasteiger partial charge is 0.0611 e. The first kappa shape index (κ1) is 16.9. The number of nitrogens with zero attached hydrogens (tertiary/aromatic N) is 2. The number of nitrogens with one attached hydrogen (secondary N) is 1. The first-order valence-electron chi connectivity index (χ1n) is 7.51. The van der Waals surface area contributed by atoms with E-state index < -0.39 is 0 Å². The van der Waals surface area contributed by atoms with E-state index >= 15 is 0 Å². The molecule has 1 unspecified atom stereocenters. The van der Waals surface area contributed by atoms with Crippen molar-refractivity contribution < 1.29 is 5.11 Å². The molecule has 1 saturated heterocycles. The molecule has 1 fully saturated rings. The molecule has 4 heteroatoms. The molecule has 0 spiro atoms. The van der Waals surface area contributed by atoms with Gasteiger partial charge in [0, 0.05) is 43.3 Å². The average molecular weight is 271 g/mol. The molecule has 1 rings (SSSR count). The molecule has 1 aliphatic heterocycles. The van der Waals surface area contributed by atoms with Crippen LogP contribution >= 0.6 is 0 Å². The summed E-state index contributed by atoms with van der Waals surface area (Å²) < 4.78 is 0. The second-order valence-electron chi connectivity index (χ2n) is 7.28. The summed E-state index contributed by atoms with van der Waals surface area (Å²) in [5.74, 6) is 0. The number of hydrogen-bond donors (Lipinski definition) is 2. The summed E-state index contributed by atoms with van der Waals surface area (Å²) in [4.78, 5) is 4.96. The summed E-state index contributed by atoms with van der Waals surface area (Å²) in [5.41, 5.74) is 0.0843. The maximum atomic E-state index is 9.62. The Bertz CT molecular complexity index is 281. The molecule has 0 amide bonds. The molecular weight excluding hydrogens is 238 g/mol. The Morgan fingerprint density at radius 1 is 1.32 bits per heavy atom. The Labute approximate surface area is 119 Å². The van der Waals surface area contributed by atoms with E-state index in [1.54, 1.807) is 0 Å². The molecule has 1 atom stereocenters. The fourth-order valence-corrected chi connectivity index (χ4v) is 2.83. The Hall–Kier alpha value is -0.160. The lowest BCUT2D eigenvalue weighted by molar-refractivity contribution is 0.0320. The molecule has 0 aliphatic carbocycles. The summed E-state index contributed by atoms with van der Waals surface area (Å²) in [6.45, 7) is 15.6. The minimum atomic E-state index is -0.165. The van der Waals surface area contributed by atoms with E-state index in [9.17, 15) is 5.11 Å². The predicted molar refractivity (Wildman–Crippen MR) is 81.5 cm³/mol. The van der Waals surface area contributed by atoms with Crippen molar-refractivity contribution in [2.75, 3.05) is 39.8 Å². The number of aliphatic hydroxyl groups excluding tert-OH is 1. The zero-order valence-electron chi connectivity index (χ0n) is 13.7. The molecule has 1 heterocycles. The van der Waals surface area contributed by atoms with Crippen LogP contribution < -0.4 is 5.32 Å². The summed E-state index contributed by atoms with van der Waals surface area (Å²) in [5, 5.41) is 13.1. The van der Waals surface area contributed by atoms with Gasteiger partial charge in [0.1, 0.15) is 0 Å². The molecule has 114 valence electrons. The molecule has 19 heavy (non-hydrogen) atoms. The van der Waals surface area contributed by atoms with Crippen LogP contribution in [0.5, 0.6) is 0 Å². The normalized spacial score (nSPS) is 24.6. The fourth-order valence-electron chi connectivity index (χ4n) is 2.83. The fraction of sp³-hybridized carbons (Fsp3) is 1.00. The van der Waals surface area contributed by atoms with Gasteiger partial charge in [0.25, 0.3) is 0 Å². The predicted octanol–water partition coefficient (Wildman–Crippen LogP) is 1.15. The molecule has 2 N–H and O–H groups in total. The van der Waals surface area contributed by atoms with Gasteiger partial charge in [0.05, 0.1) is 6.61 Å². The summed E-state index contributed by atoms with van der Waals surface area (Å²) in [6, 6.07) is 0.404. The van der Waals surface area contributed by atoms with Crippen LogP contribution in [0.4, 0.5) is 0 Å². The van der Waals surface area contributed by atoms with Gasteiger partial charge < -0.3 is 15.3 Å². The third-order valence-electron chi connectivity index (χ3n) is 4.36. The van der Waals surface area contributed by atoms with Gasteiger partial charge in [-0.25, -0.2) is 0 Å². The first-order valence-corrected chi connectivity index (χ1v) is 7.51. The van der Waals surface area contributed by atoms with Crippen molar-refractivity contribution in [3.63, 3.8) is 0 Å². The Balaban J connectivity index is 2.47. The van der Waals surface area contributed by atoms with Crippen LogP contribution in [0.15, 0.2) is 0 Å². The van der Waals surface area contributed by atoms with E-state index in [1.165, 1.54) is 0 Å². The van der Waals surface area contributed by atoms with Gasteiger partial charge in [-0.05, 0) is 34.2 Å². The highest BCUT2D eigenvalue weighted by molar-refractivity contribution is 4.90. The molecular formula is C15H33N3O. The molecule has 0 aromatic rings. The average Bonchev–Trinajstić information content (AvgIpc) is 2.30. The molecule has 4 nitrogen and oxygen atoms in total. The lowest BCUT2D eigenvalue weighted by Gasteiger charge is -2.46. The van der Waals surface area contributed by atoms with Crippen LogP contribution in [-0.4, -0.2) is 71.9 Å². The van der Waals surface area contributed by atoms with Gasteiger partial charge in [-0.1, -0.05) is 13.8 Å². The van der Waals surface area contributed by atoms with Gasteiger partial charge in [0.2, 0.25) is 0 Å². The van der Waals surface area contributed by atoms with Gasteiger partial charge in [-0.3, -0.25) is 4.90 Å². The molecule has 0 saturated carbocycles. The van der Waals surface area contributed by atoms with Crippen molar-refractivity contribution >= 4 is 0 Å². The standard InChI is InChI=1S/C15H33N3O/c1-13(2)16-15(5,12-19)7-8-18-10-9-17(6)14(3,4)11-18/h13,16,19H,7-12H2,1-6H3. The van der Waals surface area contributed by atoms with Crippen molar-refractivity contribution in [3.8, 4) is 0 Å². The minimum absolute atomic E-state index is 0.165. The third-order valence-corrected chi connectivity index (χ3v) is 4.36. The zero-order valence-corrected chi connectivity index (χ0v) is 13.7. The van der Waals surface area contributed by atoms with Gasteiger partial charge in [-0.15, -0.1) is 0 Å². The quantitative estimate of drug-likeness (QED) is 0.760. The van der Waals surface area contributed by atoms with Crippen LogP contribution in [0.3, 0.4) is 0 Å². The zero-order chi connectivity index (χ0) is 14.7. The van der Waals surface area contributed by atoms with Crippen LogP contribution in [0, 0.1) is 0 Å². The molecule has 0 radical (unpaired) electrons. The summed E-state index contributed by atoms with van der Waals surface area (Å²) in [7, 11) is 2.20. The monoisotopic (exact) mass is 271 g/mol. The van der Waals surface area contributed by atoms with Gasteiger partial charge >= 0.3 is 0 Å². The number of hydrogen-bond acceptors (Lipinski definition) is 4. The molecule has 0 bridgehead atoms. The Morgan fingerprint density at radius 3 is 2.42 bits per heavy atom. The third kappa shape index (κ3) is 5.03. The maximum absolute atomic E-state index is 9.62. The van der Waals surface area contributed by atoms with E-state index in [-0.39, 0.29) is 17.7 Å². The molecule has 0 aromatic carbocycles. The van der Waals surface area contributed by atoms with Crippen molar-refractivity contribution in [1.82, 2.24) is 15.1 Å². The van der Waals surface area contributed by atoms with Crippen molar-refractivity contribution in [1.29, 1.82) is 0 Å². The number of aliphatic hydroxyl groups is 1. The van der Waals surface area contributed by atoms with Gasteiger partial charge in [-0.2, -0.15) is 0 Å².